The molecule has 0 aliphatic heterocycles. The van der Waals surface area contributed by atoms with Gasteiger partial charge in [-0.15, -0.1) is 0 Å². The number of nitrogens with zero attached hydrogens (tertiary/aromatic N) is 1. The Morgan fingerprint density at radius 1 is 1.17 bits per heavy atom. The predicted octanol–water partition coefficient (Wildman–Crippen LogP) is 2.98. The van der Waals surface area contributed by atoms with Gasteiger partial charge in [0.1, 0.15) is 0 Å². The zero-order valence-corrected chi connectivity index (χ0v) is 11.1. The van der Waals surface area contributed by atoms with Crippen LogP contribution in [-0.4, -0.2) is 24.2 Å². The quantitative estimate of drug-likeness (QED) is 0.719. The first-order chi connectivity index (χ1) is 8.79. The molecule has 3 nitrogen and oxygen atoms in total. The van der Waals surface area contributed by atoms with Crippen molar-refractivity contribution in [3.05, 3.63) is 30.3 Å². The third-order valence-corrected chi connectivity index (χ3v) is 2.90. The number of unbranched alkanes of at least 4 members (excludes halogenated alkanes) is 2. The summed E-state index contributed by atoms with van der Waals surface area (Å²) in [6, 6.07) is 9.68. The molecule has 0 aromatic heterocycles. The second-order valence-electron chi connectivity index (χ2n) is 4.42. The number of para-hydroxylation sites is 1. The highest BCUT2D eigenvalue weighted by Gasteiger charge is 2.14. The Morgan fingerprint density at radius 2 is 1.89 bits per heavy atom. The standard InChI is InChI=1S/C15H23NO2/c1-2-3-5-11-15(18)16(12-8-13-17)14-9-6-4-7-10-14/h4,6-7,9-10,17H,2-3,5,8,11-13H2,1H3. The minimum Gasteiger partial charge on any atom is -0.396 e. The number of amides is 1. The van der Waals surface area contributed by atoms with Crippen LogP contribution in [0.1, 0.15) is 39.0 Å². The number of hydrogen-bond acceptors (Lipinski definition) is 2. The number of aliphatic hydroxyl groups excluding tert-OH is 1. The molecule has 0 atom stereocenters. The van der Waals surface area contributed by atoms with Crippen molar-refractivity contribution in [1.29, 1.82) is 0 Å². The highest BCUT2D eigenvalue weighted by atomic mass is 16.3. The smallest absolute Gasteiger partial charge is 0.226 e. The van der Waals surface area contributed by atoms with Crippen molar-refractivity contribution in [2.24, 2.45) is 0 Å². The zero-order chi connectivity index (χ0) is 13.2. The summed E-state index contributed by atoms with van der Waals surface area (Å²) >= 11 is 0. The molecule has 1 aromatic carbocycles. The lowest BCUT2D eigenvalue weighted by Gasteiger charge is -2.22. The Kier molecular flexibility index (Phi) is 7.11. The topological polar surface area (TPSA) is 40.5 Å². The van der Waals surface area contributed by atoms with Crippen molar-refractivity contribution in [2.45, 2.75) is 39.0 Å². The summed E-state index contributed by atoms with van der Waals surface area (Å²) in [6.45, 7) is 2.84. The molecule has 1 aromatic rings. The summed E-state index contributed by atoms with van der Waals surface area (Å²) in [6.07, 6.45) is 4.37. The molecular formula is C15H23NO2. The number of hydrogen-bond donors (Lipinski definition) is 1. The summed E-state index contributed by atoms with van der Waals surface area (Å²) < 4.78 is 0. The molecule has 0 fully saturated rings. The van der Waals surface area contributed by atoms with E-state index in [-0.39, 0.29) is 12.5 Å². The Morgan fingerprint density at radius 3 is 2.50 bits per heavy atom. The maximum absolute atomic E-state index is 12.2. The van der Waals surface area contributed by atoms with Crippen molar-refractivity contribution in [1.82, 2.24) is 0 Å². The predicted molar refractivity (Wildman–Crippen MR) is 74.6 cm³/mol. The minimum atomic E-state index is 0.117. The van der Waals surface area contributed by atoms with Gasteiger partial charge in [0.25, 0.3) is 0 Å². The zero-order valence-electron chi connectivity index (χ0n) is 11.1. The molecule has 0 radical (unpaired) electrons. The minimum absolute atomic E-state index is 0.117. The van der Waals surface area contributed by atoms with Gasteiger partial charge in [-0.1, -0.05) is 38.0 Å². The van der Waals surface area contributed by atoms with Gasteiger partial charge in [-0.05, 0) is 25.0 Å². The van der Waals surface area contributed by atoms with Crippen molar-refractivity contribution in [3.63, 3.8) is 0 Å². The number of rotatable bonds is 8. The van der Waals surface area contributed by atoms with Crippen LogP contribution >= 0.6 is 0 Å². The van der Waals surface area contributed by atoms with Crippen LogP contribution < -0.4 is 4.90 Å². The van der Waals surface area contributed by atoms with Crippen molar-refractivity contribution in [2.75, 3.05) is 18.1 Å². The average Bonchev–Trinajstić information content (AvgIpc) is 2.41. The molecule has 0 spiro atoms. The molecule has 0 aliphatic rings. The molecule has 0 aliphatic carbocycles. The Hall–Kier alpha value is -1.35. The number of aliphatic hydroxyl groups is 1. The van der Waals surface area contributed by atoms with Crippen LogP contribution in [0.2, 0.25) is 0 Å². The first-order valence-corrected chi connectivity index (χ1v) is 6.76. The van der Waals surface area contributed by atoms with E-state index in [9.17, 15) is 4.79 Å². The van der Waals surface area contributed by atoms with Gasteiger partial charge in [-0.2, -0.15) is 0 Å². The molecule has 0 saturated carbocycles. The molecule has 1 N–H and O–H groups in total. The third-order valence-electron chi connectivity index (χ3n) is 2.90. The molecule has 3 heteroatoms. The fourth-order valence-corrected chi connectivity index (χ4v) is 1.90. The van der Waals surface area contributed by atoms with E-state index in [0.717, 1.165) is 24.9 Å². The molecular weight excluding hydrogens is 226 g/mol. The van der Waals surface area contributed by atoms with Crippen molar-refractivity contribution < 1.29 is 9.90 Å². The lowest BCUT2D eigenvalue weighted by Crippen LogP contribution is -2.32. The summed E-state index contributed by atoms with van der Waals surface area (Å²) in [5.41, 5.74) is 0.924. The second kappa shape index (κ2) is 8.70. The lowest BCUT2D eigenvalue weighted by atomic mass is 10.1. The largest absolute Gasteiger partial charge is 0.396 e. The summed E-state index contributed by atoms with van der Waals surface area (Å²) in [4.78, 5) is 14.0. The van der Waals surface area contributed by atoms with Gasteiger partial charge in [0.15, 0.2) is 0 Å². The fraction of sp³-hybridized carbons (Fsp3) is 0.533. The van der Waals surface area contributed by atoms with E-state index in [1.54, 1.807) is 4.90 Å². The van der Waals surface area contributed by atoms with E-state index < -0.39 is 0 Å². The van der Waals surface area contributed by atoms with Gasteiger partial charge < -0.3 is 10.0 Å². The monoisotopic (exact) mass is 249 g/mol. The lowest BCUT2D eigenvalue weighted by molar-refractivity contribution is -0.118. The molecule has 0 heterocycles. The molecule has 0 unspecified atom stereocenters. The highest BCUT2D eigenvalue weighted by Crippen LogP contribution is 2.16. The van der Waals surface area contributed by atoms with E-state index in [1.165, 1.54) is 0 Å². The van der Waals surface area contributed by atoms with E-state index in [2.05, 4.69) is 6.92 Å². The van der Waals surface area contributed by atoms with Gasteiger partial charge in [0.2, 0.25) is 5.91 Å². The van der Waals surface area contributed by atoms with Crippen LogP contribution in [0.25, 0.3) is 0 Å². The number of benzene rings is 1. The van der Waals surface area contributed by atoms with E-state index >= 15 is 0 Å². The molecule has 1 amide bonds. The highest BCUT2D eigenvalue weighted by molar-refractivity contribution is 5.93. The van der Waals surface area contributed by atoms with E-state index in [1.807, 2.05) is 30.3 Å². The summed E-state index contributed by atoms with van der Waals surface area (Å²) in [5.74, 6) is 0.156. The van der Waals surface area contributed by atoms with Crippen LogP contribution in [0.3, 0.4) is 0 Å². The summed E-state index contributed by atoms with van der Waals surface area (Å²) in [7, 11) is 0. The van der Waals surface area contributed by atoms with Gasteiger partial charge in [0, 0.05) is 25.3 Å². The molecule has 1 rings (SSSR count). The van der Waals surface area contributed by atoms with Crippen LogP contribution in [0.4, 0.5) is 5.69 Å². The van der Waals surface area contributed by atoms with Gasteiger partial charge >= 0.3 is 0 Å². The SMILES string of the molecule is CCCCCC(=O)N(CCCO)c1ccccc1. The maximum atomic E-state index is 12.2. The van der Waals surface area contributed by atoms with E-state index in [0.29, 0.717) is 19.4 Å². The van der Waals surface area contributed by atoms with Gasteiger partial charge in [-0.25, -0.2) is 0 Å². The van der Waals surface area contributed by atoms with Crippen molar-refractivity contribution in [3.8, 4) is 0 Å². The fourth-order valence-electron chi connectivity index (χ4n) is 1.90. The van der Waals surface area contributed by atoms with Crippen LogP contribution in [0.15, 0.2) is 30.3 Å². The Labute approximate surface area is 109 Å². The second-order valence-corrected chi connectivity index (χ2v) is 4.42. The molecule has 0 bridgehead atoms. The van der Waals surface area contributed by atoms with Gasteiger partial charge in [0.05, 0.1) is 0 Å². The Balaban J connectivity index is 2.63. The molecule has 18 heavy (non-hydrogen) atoms. The first kappa shape index (κ1) is 14.7. The van der Waals surface area contributed by atoms with E-state index in [4.69, 9.17) is 5.11 Å². The third kappa shape index (κ3) is 4.88. The van der Waals surface area contributed by atoms with Crippen LogP contribution in [0.5, 0.6) is 0 Å². The number of anilines is 1. The van der Waals surface area contributed by atoms with Crippen LogP contribution in [0, 0.1) is 0 Å². The molecule has 0 saturated heterocycles. The van der Waals surface area contributed by atoms with Crippen molar-refractivity contribution >= 4 is 11.6 Å². The van der Waals surface area contributed by atoms with Crippen LogP contribution in [-0.2, 0) is 4.79 Å². The Bertz CT molecular complexity index is 338. The maximum Gasteiger partial charge on any atom is 0.226 e. The normalized spacial score (nSPS) is 10.3. The van der Waals surface area contributed by atoms with Gasteiger partial charge in [-0.3, -0.25) is 4.79 Å². The number of carbonyl (C=O) groups excluding carboxylic acids is 1. The number of carbonyl (C=O) groups is 1. The summed E-state index contributed by atoms with van der Waals surface area (Å²) in [5, 5.41) is 8.92. The molecule has 100 valence electrons. The first-order valence-electron chi connectivity index (χ1n) is 6.76. The average molecular weight is 249 g/mol.